The van der Waals surface area contributed by atoms with E-state index in [9.17, 15) is 0 Å². The minimum Gasteiger partial charge on any atom is -0.460 e. The van der Waals surface area contributed by atoms with Crippen molar-refractivity contribution in [3.8, 4) is 0 Å². The third-order valence-corrected chi connectivity index (χ3v) is 3.56. The number of para-hydroxylation sites is 1. The van der Waals surface area contributed by atoms with Crippen LogP contribution < -0.4 is 0 Å². The quantitative estimate of drug-likeness (QED) is 0.685. The van der Waals surface area contributed by atoms with Gasteiger partial charge >= 0.3 is 0 Å². The summed E-state index contributed by atoms with van der Waals surface area (Å²) < 4.78 is 5.89. The molecule has 14 heavy (non-hydrogen) atoms. The molecule has 1 heterocycles. The molecule has 0 amide bonds. The van der Waals surface area contributed by atoms with Gasteiger partial charge < -0.3 is 4.42 Å². The predicted octanol–water partition coefficient (Wildman–Crippen LogP) is 4.03. The Morgan fingerprint density at radius 2 is 2.07 bits per heavy atom. The molecule has 1 aromatic carbocycles. The van der Waals surface area contributed by atoms with E-state index in [1.807, 2.05) is 6.07 Å². The molecule has 1 nitrogen and oxygen atoms in total. The van der Waals surface area contributed by atoms with Gasteiger partial charge in [0.15, 0.2) is 0 Å². The maximum Gasteiger partial charge on any atom is 0.135 e. The summed E-state index contributed by atoms with van der Waals surface area (Å²) in [4.78, 5) is 1.35. The van der Waals surface area contributed by atoms with Gasteiger partial charge in [-0.3, -0.25) is 0 Å². The van der Waals surface area contributed by atoms with Gasteiger partial charge in [-0.25, -0.2) is 0 Å². The molecule has 1 aliphatic carbocycles. The first-order chi connectivity index (χ1) is 6.90. The molecule has 1 saturated carbocycles. The number of benzene rings is 1. The number of rotatable bonds is 2. The van der Waals surface area contributed by atoms with Crippen molar-refractivity contribution in [2.24, 2.45) is 0 Å². The van der Waals surface area contributed by atoms with E-state index in [2.05, 4.69) is 24.5 Å². The zero-order chi connectivity index (χ0) is 9.54. The van der Waals surface area contributed by atoms with Crippen LogP contribution in [0.1, 0.15) is 24.5 Å². The van der Waals surface area contributed by atoms with Crippen LogP contribution in [0.25, 0.3) is 11.0 Å². The lowest BCUT2D eigenvalue weighted by molar-refractivity contribution is 0.541. The van der Waals surface area contributed by atoms with Crippen molar-refractivity contribution >= 4 is 22.7 Å². The molecule has 0 aliphatic heterocycles. The van der Waals surface area contributed by atoms with Gasteiger partial charge in [0.25, 0.3) is 0 Å². The third-order valence-electron chi connectivity index (χ3n) is 2.73. The summed E-state index contributed by atoms with van der Waals surface area (Å²) in [6.07, 6.45) is 4.73. The fraction of sp³-hybridized carbons (Fsp3) is 0.333. The van der Waals surface area contributed by atoms with Crippen molar-refractivity contribution in [1.29, 1.82) is 0 Å². The molecule has 0 radical (unpaired) electrons. The predicted molar refractivity (Wildman–Crippen MR) is 60.0 cm³/mol. The van der Waals surface area contributed by atoms with E-state index in [0.717, 1.165) is 5.58 Å². The average Bonchev–Trinajstić information content (AvgIpc) is 2.99. The Balaban J connectivity index is 2.28. The van der Waals surface area contributed by atoms with Crippen LogP contribution in [0.3, 0.4) is 0 Å². The maximum atomic E-state index is 5.89. The van der Waals surface area contributed by atoms with Gasteiger partial charge in [0.2, 0.25) is 0 Å². The smallest absolute Gasteiger partial charge is 0.135 e. The minimum absolute atomic E-state index is 0.699. The Morgan fingerprint density at radius 1 is 1.29 bits per heavy atom. The Hall–Kier alpha value is -0.890. The highest BCUT2D eigenvalue weighted by Crippen LogP contribution is 2.47. The van der Waals surface area contributed by atoms with Crippen molar-refractivity contribution in [2.75, 3.05) is 6.26 Å². The van der Waals surface area contributed by atoms with Gasteiger partial charge in [0.05, 0.1) is 4.90 Å². The maximum absolute atomic E-state index is 5.89. The lowest BCUT2D eigenvalue weighted by Crippen LogP contribution is -1.75. The van der Waals surface area contributed by atoms with Gasteiger partial charge in [0.1, 0.15) is 11.3 Å². The molecule has 0 N–H and O–H groups in total. The summed E-state index contributed by atoms with van der Waals surface area (Å²) in [6, 6.07) is 8.32. The molecule has 2 heteroatoms. The molecular weight excluding hydrogens is 192 g/mol. The SMILES string of the molecule is CSc1c(C2CC2)oc2ccccc12. The third kappa shape index (κ3) is 1.17. The number of fused-ring (bicyclic) bond motifs is 1. The number of furan rings is 1. The van der Waals surface area contributed by atoms with Gasteiger partial charge in [0, 0.05) is 11.3 Å². The zero-order valence-corrected chi connectivity index (χ0v) is 8.93. The fourth-order valence-corrected chi connectivity index (χ4v) is 2.66. The second-order valence-corrected chi connectivity index (χ2v) is 4.59. The lowest BCUT2D eigenvalue weighted by atomic mass is 10.2. The van der Waals surface area contributed by atoms with Crippen LogP contribution in [0.5, 0.6) is 0 Å². The second kappa shape index (κ2) is 3.06. The Labute approximate surface area is 87.5 Å². The van der Waals surface area contributed by atoms with E-state index in [4.69, 9.17) is 4.42 Å². The molecule has 0 atom stereocenters. The Kier molecular flexibility index (Phi) is 1.84. The molecule has 0 saturated heterocycles. The zero-order valence-electron chi connectivity index (χ0n) is 8.12. The molecule has 3 rings (SSSR count). The van der Waals surface area contributed by atoms with Gasteiger partial charge in [-0.05, 0) is 31.2 Å². The molecule has 2 aromatic rings. The van der Waals surface area contributed by atoms with E-state index in [0.29, 0.717) is 5.92 Å². The van der Waals surface area contributed by atoms with Crippen LogP contribution in [0, 0.1) is 0 Å². The number of hydrogen-bond donors (Lipinski definition) is 0. The van der Waals surface area contributed by atoms with E-state index in [1.54, 1.807) is 11.8 Å². The summed E-state index contributed by atoms with van der Waals surface area (Å²) >= 11 is 1.81. The van der Waals surface area contributed by atoms with Crippen LogP contribution in [-0.4, -0.2) is 6.26 Å². The highest BCUT2D eigenvalue weighted by molar-refractivity contribution is 7.98. The number of hydrogen-bond acceptors (Lipinski definition) is 2. The first-order valence-electron chi connectivity index (χ1n) is 4.95. The molecule has 1 aliphatic rings. The first kappa shape index (κ1) is 8.42. The number of thioether (sulfide) groups is 1. The van der Waals surface area contributed by atoms with Crippen molar-refractivity contribution in [3.05, 3.63) is 30.0 Å². The largest absolute Gasteiger partial charge is 0.460 e. The van der Waals surface area contributed by atoms with E-state index >= 15 is 0 Å². The Morgan fingerprint density at radius 3 is 2.79 bits per heavy atom. The normalized spacial score (nSPS) is 16.4. The summed E-state index contributed by atoms with van der Waals surface area (Å²) in [7, 11) is 0. The standard InChI is InChI=1S/C12H12OS/c1-14-12-9-4-2-3-5-10(9)13-11(12)8-6-7-8/h2-5,8H,6-7H2,1H3. The molecule has 1 fully saturated rings. The van der Waals surface area contributed by atoms with Gasteiger partial charge in [-0.2, -0.15) is 0 Å². The highest BCUT2D eigenvalue weighted by atomic mass is 32.2. The lowest BCUT2D eigenvalue weighted by Gasteiger charge is -1.95. The van der Waals surface area contributed by atoms with Crippen LogP contribution in [-0.2, 0) is 0 Å². The van der Waals surface area contributed by atoms with Crippen LogP contribution in [0.4, 0.5) is 0 Å². The summed E-state index contributed by atoms with van der Waals surface area (Å²) in [5, 5.41) is 1.28. The monoisotopic (exact) mass is 204 g/mol. The van der Waals surface area contributed by atoms with E-state index in [1.165, 1.54) is 28.9 Å². The summed E-state index contributed by atoms with van der Waals surface area (Å²) in [6.45, 7) is 0. The first-order valence-corrected chi connectivity index (χ1v) is 6.18. The Bertz CT molecular complexity index is 468. The van der Waals surface area contributed by atoms with Crippen LogP contribution in [0.15, 0.2) is 33.6 Å². The molecule has 0 spiro atoms. The highest BCUT2D eigenvalue weighted by Gasteiger charge is 2.30. The molecule has 0 unspecified atom stereocenters. The van der Waals surface area contributed by atoms with Crippen LogP contribution in [0.2, 0.25) is 0 Å². The average molecular weight is 204 g/mol. The van der Waals surface area contributed by atoms with Crippen molar-refractivity contribution in [2.45, 2.75) is 23.7 Å². The molecule has 0 bridgehead atoms. The van der Waals surface area contributed by atoms with Crippen molar-refractivity contribution in [3.63, 3.8) is 0 Å². The van der Waals surface area contributed by atoms with Crippen molar-refractivity contribution in [1.82, 2.24) is 0 Å². The second-order valence-electron chi connectivity index (χ2n) is 3.77. The molecular formula is C12H12OS. The summed E-state index contributed by atoms with van der Waals surface area (Å²) in [5.74, 6) is 1.92. The van der Waals surface area contributed by atoms with Gasteiger partial charge in [-0.1, -0.05) is 12.1 Å². The summed E-state index contributed by atoms with van der Waals surface area (Å²) in [5.41, 5.74) is 1.04. The topological polar surface area (TPSA) is 13.1 Å². The fourth-order valence-electron chi connectivity index (χ4n) is 1.87. The molecule has 1 aromatic heterocycles. The van der Waals surface area contributed by atoms with Crippen molar-refractivity contribution < 1.29 is 4.42 Å². The molecule has 72 valence electrons. The van der Waals surface area contributed by atoms with Gasteiger partial charge in [-0.15, -0.1) is 11.8 Å². The van der Waals surface area contributed by atoms with E-state index in [-0.39, 0.29) is 0 Å². The van der Waals surface area contributed by atoms with E-state index < -0.39 is 0 Å². The minimum atomic E-state index is 0.699. The van der Waals surface area contributed by atoms with Crippen LogP contribution >= 0.6 is 11.8 Å².